The molecule has 1 unspecified atom stereocenters. The van der Waals surface area contributed by atoms with Gasteiger partial charge in [-0.1, -0.05) is 44.5 Å². The lowest BCUT2D eigenvalue weighted by atomic mass is 9.96. The first-order chi connectivity index (χ1) is 9.42. The first kappa shape index (κ1) is 17.2. The maximum Gasteiger partial charge on any atom is 0.00965 e. The Morgan fingerprint density at radius 1 is 1.00 bits per heavy atom. The third-order valence-electron chi connectivity index (χ3n) is 3.96. The van der Waals surface area contributed by atoms with Crippen LogP contribution >= 0.6 is 0 Å². The minimum absolute atomic E-state index is 0.256. The van der Waals surface area contributed by atoms with Crippen LogP contribution in [-0.4, -0.2) is 12.1 Å². The van der Waals surface area contributed by atoms with E-state index in [9.17, 15) is 0 Å². The van der Waals surface area contributed by atoms with Crippen molar-refractivity contribution < 1.29 is 0 Å². The molecule has 1 rings (SSSR count). The number of rotatable bonds is 8. The van der Waals surface area contributed by atoms with Gasteiger partial charge in [0.1, 0.15) is 0 Å². The molecule has 0 bridgehead atoms. The molecule has 0 aliphatic heterocycles. The highest BCUT2D eigenvalue weighted by Gasteiger charge is 2.07. The van der Waals surface area contributed by atoms with Crippen LogP contribution in [-0.2, 0) is 6.42 Å². The van der Waals surface area contributed by atoms with Crippen LogP contribution < -0.4 is 5.32 Å². The summed E-state index contributed by atoms with van der Waals surface area (Å²) in [6.45, 7) is 12.4. The number of hydrogen-bond donors (Lipinski definition) is 1. The Morgan fingerprint density at radius 2 is 1.65 bits per heavy atom. The van der Waals surface area contributed by atoms with Gasteiger partial charge in [0.15, 0.2) is 0 Å². The van der Waals surface area contributed by atoms with Gasteiger partial charge in [-0.3, -0.25) is 0 Å². The summed E-state index contributed by atoms with van der Waals surface area (Å²) in [5.41, 5.74) is 3.22. The maximum atomic E-state index is 3.55. The van der Waals surface area contributed by atoms with Crippen molar-refractivity contribution in [1.29, 1.82) is 0 Å². The van der Waals surface area contributed by atoms with Gasteiger partial charge in [0.05, 0.1) is 0 Å². The topological polar surface area (TPSA) is 12.0 Å². The average molecular weight is 275 g/mol. The van der Waals surface area contributed by atoms with E-state index in [0.29, 0.717) is 5.92 Å². The van der Waals surface area contributed by atoms with Crippen molar-refractivity contribution in [1.82, 2.24) is 5.32 Å². The van der Waals surface area contributed by atoms with Gasteiger partial charge >= 0.3 is 0 Å². The van der Waals surface area contributed by atoms with Crippen LogP contribution in [0.2, 0.25) is 0 Å². The largest absolute Gasteiger partial charge is 0.312 e. The fraction of sp³-hybridized carbons (Fsp3) is 0.684. The molecule has 1 nitrogen and oxygen atoms in total. The summed E-state index contributed by atoms with van der Waals surface area (Å²) in [6.07, 6.45) is 6.34. The smallest absolute Gasteiger partial charge is 0.00965 e. The molecule has 1 heteroatoms. The van der Waals surface area contributed by atoms with E-state index in [1.54, 1.807) is 0 Å². The van der Waals surface area contributed by atoms with E-state index in [0.717, 1.165) is 6.54 Å². The Morgan fingerprint density at radius 3 is 2.20 bits per heavy atom. The van der Waals surface area contributed by atoms with Crippen molar-refractivity contribution in [3.05, 3.63) is 35.4 Å². The fourth-order valence-corrected chi connectivity index (χ4v) is 2.34. The summed E-state index contributed by atoms with van der Waals surface area (Å²) in [5.74, 6) is 0.688. The van der Waals surface area contributed by atoms with Crippen molar-refractivity contribution in [3.8, 4) is 0 Å². The minimum Gasteiger partial charge on any atom is -0.312 e. The summed E-state index contributed by atoms with van der Waals surface area (Å²) in [5, 5.41) is 3.55. The van der Waals surface area contributed by atoms with Gasteiger partial charge in [0, 0.05) is 5.54 Å². The lowest BCUT2D eigenvalue weighted by Gasteiger charge is -2.20. The van der Waals surface area contributed by atoms with Gasteiger partial charge in [-0.15, -0.1) is 0 Å². The van der Waals surface area contributed by atoms with Crippen molar-refractivity contribution in [2.45, 2.75) is 78.2 Å². The average Bonchev–Trinajstić information content (AvgIpc) is 2.41. The Bertz CT molecular complexity index is 358. The fourth-order valence-electron chi connectivity index (χ4n) is 2.34. The number of nitrogens with one attached hydrogen (secondary N) is 1. The first-order valence-electron chi connectivity index (χ1n) is 8.26. The number of unbranched alkanes of at least 4 members (excludes halogenated alkanes) is 2. The van der Waals surface area contributed by atoms with Gasteiger partial charge in [-0.25, -0.2) is 0 Å². The molecule has 1 N–H and O–H groups in total. The third-order valence-corrected chi connectivity index (χ3v) is 3.96. The van der Waals surface area contributed by atoms with Crippen LogP contribution in [0.4, 0.5) is 0 Å². The Kier molecular flexibility index (Phi) is 7.29. The van der Waals surface area contributed by atoms with Crippen molar-refractivity contribution >= 4 is 0 Å². The summed E-state index contributed by atoms with van der Waals surface area (Å²) in [7, 11) is 0. The predicted molar refractivity (Wildman–Crippen MR) is 90.5 cm³/mol. The van der Waals surface area contributed by atoms with Crippen LogP contribution in [0.25, 0.3) is 0 Å². The van der Waals surface area contributed by atoms with Crippen LogP contribution in [0.1, 0.15) is 77.3 Å². The second-order valence-electron chi connectivity index (χ2n) is 7.04. The molecule has 20 heavy (non-hydrogen) atoms. The van der Waals surface area contributed by atoms with E-state index in [-0.39, 0.29) is 5.54 Å². The molecule has 0 aliphatic rings. The standard InChI is InChI=1S/C19H33N/c1-6-16(2)18-13-11-17(12-14-18)10-8-7-9-15-20-19(3,4)5/h11-14,16,20H,6-10,15H2,1-5H3. The number of hydrogen-bond acceptors (Lipinski definition) is 1. The quantitative estimate of drug-likeness (QED) is 0.635. The zero-order valence-corrected chi connectivity index (χ0v) is 14.1. The molecule has 0 aliphatic carbocycles. The molecule has 0 amide bonds. The Hall–Kier alpha value is -0.820. The van der Waals surface area contributed by atoms with Crippen LogP contribution in [0.15, 0.2) is 24.3 Å². The molecule has 0 saturated heterocycles. The van der Waals surface area contributed by atoms with E-state index in [1.807, 2.05) is 0 Å². The summed E-state index contributed by atoms with van der Waals surface area (Å²) < 4.78 is 0. The minimum atomic E-state index is 0.256. The first-order valence-corrected chi connectivity index (χ1v) is 8.26. The van der Waals surface area contributed by atoms with Crippen LogP contribution in [0.5, 0.6) is 0 Å². The molecule has 1 aromatic rings. The molecule has 0 spiro atoms. The van der Waals surface area contributed by atoms with Gasteiger partial charge in [-0.2, -0.15) is 0 Å². The SMILES string of the molecule is CCC(C)c1ccc(CCCCCNC(C)(C)C)cc1. The van der Waals surface area contributed by atoms with Crippen LogP contribution in [0, 0.1) is 0 Å². The van der Waals surface area contributed by atoms with Gasteiger partial charge in [0.2, 0.25) is 0 Å². The molecule has 0 radical (unpaired) electrons. The number of aryl methyl sites for hydroxylation is 1. The zero-order valence-electron chi connectivity index (χ0n) is 14.1. The van der Waals surface area contributed by atoms with Gasteiger partial charge < -0.3 is 5.32 Å². The maximum absolute atomic E-state index is 3.55. The van der Waals surface area contributed by atoms with E-state index < -0.39 is 0 Å². The lowest BCUT2D eigenvalue weighted by Crippen LogP contribution is -2.36. The predicted octanol–water partition coefficient (Wildman–Crippen LogP) is 5.30. The van der Waals surface area contributed by atoms with Crippen molar-refractivity contribution in [2.75, 3.05) is 6.54 Å². The summed E-state index contributed by atoms with van der Waals surface area (Å²) in [6, 6.07) is 9.25. The van der Waals surface area contributed by atoms with Gasteiger partial charge in [0.25, 0.3) is 0 Å². The van der Waals surface area contributed by atoms with Crippen LogP contribution in [0.3, 0.4) is 0 Å². The highest BCUT2D eigenvalue weighted by molar-refractivity contribution is 5.25. The molecule has 0 aromatic heterocycles. The molecular formula is C19H33N. The van der Waals surface area contributed by atoms with E-state index in [4.69, 9.17) is 0 Å². The highest BCUT2D eigenvalue weighted by atomic mass is 14.9. The molecule has 0 fully saturated rings. The van der Waals surface area contributed by atoms with Gasteiger partial charge in [-0.05, 0) is 70.0 Å². The highest BCUT2D eigenvalue weighted by Crippen LogP contribution is 2.19. The third kappa shape index (κ3) is 7.09. The van der Waals surface area contributed by atoms with E-state index in [2.05, 4.69) is 64.2 Å². The zero-order chi connectivity index (χ0) is 15.0. The van der Waals surface area contributed by atoms with Crippen molar-refractivity contribution in [3.63, 3.8) is 0 Å². The summed E-state index contributed by atoms with van der Waals surface area (Å²) in [4.78, 5) is 0. The second-order valence-corrected chi connectivity index (χ2v) is 7.04. The normalized spacial score (nSPS) is 13.4. The Labute approximate surface area is 126 Å². The Balaban J connectivity index is 2.19. The van der Waals surface area contributed by atoms with E-state index in [1.165, 1.54) is 43.2 Å². The molecule has 0 heterocycles. The van der Waals surface area contributed by atoms with Crippen molar-refractivity contribution in [2.24, 2.45) is 0 Å². The molecule has 0 saturated carbocycles. The lowest BCUT2D eigenvalue weighted by molar-refractivity contribution is 0.417. The molecular weight excluding hydrogens is 242 g/mol. The monoisotopic (exact) mass is 275 g/mol. The molecule has 1 atom stereocenters. The van der Waals surface area contributed by atoms with E-state index >= 15 is 0 Å². The second kappa shape index (κ2) is 8.46. The molecule has 1 aromatic carbocycles. The summed E-state index contributed by atoms with van der Waals surface area (Å²) >= 11 is 0. The molecule has 114 valence electrons. The number of benzene rings is 1.